The van der Waals surface area contributed by atoms with Crippen molar-refractivity contribution in [2.45, 2.75) is 65.6 Å². The van der Waals surface area contributed by atoms with Gasteiger partial charge in [-0.15, -0.1) is 0 Å². The first-order valence-electron chi connectivity index (χ1n) is 11.2. The van der Waals surface area contributed by atoms with Crippen LogP contribution in [0.25, 0.3) is 22.0 Å². The molecule has 1 aromatic heterocycles. The number of aromatic nitrogens is 1. The fraction of sp³-hybridized carbons (Fsp3) is 0.462. The molecule has 3 aromatic rings. The summed E-state index contributed by atoms with van der Waals surface area (Å²) in [5, 5.41) is 0.637. The summed E-state index contributed by atoms with van der Waals surface area (Å²) in [7, 11) is 0. The second-order valence-electron chi connectivity index (χ2n) is 10.5. The molecule has 0 bridgehead atoms. The Kier molecular flexibility index (Phi) is 9.56. The smallest absolute Gasteiger partial charge is 0.347 e. The van der Waals surface area contributed by atoms with Crippen LogP contribution in [-0.4, -0.2) is 16.2 Å². The molecule has 2 nitrogen and oxygen atoms in total. The van der Waals surface area contributed by atoms with Gasteiger partial charge in [0.2, 0.25) is 6.93 Å². The number of hydrogen-bond acceptors (Lipinski definition) is 2. The van der Waals surface area contributed by atoms with Crippen molar-refractivity contribution in [1.29, 1.82) is 0 Å². The van der Waals surface area contributed by atoms with Gasteiger partial charge in [0.25, 0.3) is 0 Å². The van der Waals surface area contributed by atoms with E-state index in [1.165, 1.54) is 12.1 Å². The standard InChI is InChI=1S/C25H29F5N2S.CH2F2/c1-23(2,3)14-32-13-15(12-31-33-24(4,5)6)18-10-21(27)19(11-22(18)32)17-8-7-16(26)9-20(17)25(28,29)30;2-1-3/h7-11,13,31H,12,14H2,1-6H3;1H2. The molecule has 10 heteroatoms. The number of hydrogen-bond donors (Lipinski definition) is 1. The van der Waals surface area contributed by atoms with Crippen LogP contribution in [0.1, 0.15) is 52.7 Å². The van der Waals surface area contributed by atoms with Gasteiger partial charge in [0.1, 0.15) is 11.6 Å². The van der Waals surface area contributed by atoms with Crippen LogP contribution in [0.3, 0.4) is 0 Å². The molecule has 36 heavy (non-hydrogen) atoms. The van der Waals surface area contributed by atoms with Crippen molar-refractivity contribution >= 4 is 22.9 Å². The average molecular weight is 537 g/mol. The Morgan fingerprint density at radius 3 is 2.03 bits per heavy atom. The molecule has 0 aliphatic rings. The SMILES string of the molecule is CC(C)(C)Cn1cc(CNSC(C)(C)C)c2cc(F)c(-c3ccc(F)cc3C(F)(F)F)cc21.FCF. The molecule has 0 fully saturated rings. The number of nitrogens with zero attached hydrogens (tertiary/aromatic N) is 1. The number of fused-ring (bicyclic) bond motifs is 1. The van der Waals surface area contributed by atoms with E-state index in [9.17, 15) is 26.3 Å². The zero-order valence-corrected chi connectivity index (χ0v) is 21.9. The molecule has 1 N–H and O–H groups in total. The third-order valence-electron chi connectivity index (χ3n) is 4.92. The first-order valence-corrected chi connectivity index (χ1v) is 12.0. The van der Waals surface area contributed by atoms with Crippen molar-refractivity contribution in [3.8, 4) is 11.1 Å². The van der Waals surface area contributed by atoms with E-state index in [2.05, 4.69) is 46.3 Å². The number of alkyl halides is 5. The zero-order valence-electron chi connectivity index (χ0n) is 21.1. The molecule has 0 saturated carbocycles. The fourth-order valence-electron chi connectivity index (χ4n) is 3.69. The van der Waals surface area contributed by atoms with Gasteiger partial charge in [-0.2, -0.15) is 13.2 Å². The molecule has 0 amide bonds. The van der Waals surface area contributed by atoms with Crippen molar-refractivity contribution in [1.82, 2.24) is 9.29 Å². The number of nitrogens with one attached hydrogen (secondary N) is 1. The van der Waals surface area contributed by atoms with Gasteiger partial charge in [-0.25, -0.2) is 17.6 Å². The molecule has 0 saturated heterocycles. The second kappa shape index (κ2) is 11.5. The Morgan fingerprint density at radius 1 is 0.889 bits per heavy atom. The summed E-state index contributed by atoms with van der Waals surface area (Å²) >= 11 is 1.56. The lowest BCUT2D eigenvalue weighted by molar-refractivity contribution is -0.137. The summed E-state index contributed by atoms with van der Waals surface area (Å²) < 4.78 is 94.1. The van der Waals surface area contributed by atoms with Crippen LogP contribution in [0.15, 0.2) is 36.5 Å². The van der Waals surface area contributed by atoms with E-state index in [1.807, 2.05) is 10.8 Å². The highest BCUT2D eigenvalue weighted by Gasteiger charge is 2.35. The van der Waals surface area contributed by atoms with Gasteiger partial charge >= 0.3 is 6.18 Å². The molecule has 0 radical (unpaired) electrons. The summed E-state index contributed by atoms with van der Waals surface area (Å²) in [6, 6.07) is 5.04. The average Bonchev–Trinajstić information content (AvgIpc) is 3.01. The quantitative estimate of drug-likeness (QED) is 0.259. The monoisotopic (exact) mass is 536 g/mol. The molecular formula is C26H31F7N2S. The summed E-state index contributed by atoms with van der Waals surface area (Å²) in [5.41, 5.74) is -0.402. The number of rotatable bonds is 5. The first-order chi connectivity index (χ1) is 16.5. The minimum Gasteiger partial charge on any atom is -0.347 e. The summed E-state index contributed by atoms with van der Waals surface area (Å²) in [5.74, 6) is -1.80. The lowest BCUT2D eigenvalue weighted by atomic mass is 9.96. The Hall–Kier alpha value is -2.20. The molecule has 0 aliphatic carbocycles. The van der Waals surface area contributed by atoms with Gasteiger partial charge in [-0.3, -0.25) is 4.72 Å². The molecule has 200 valence electrons. The van der Waals surface area contributed by atoms with Crippen LogP contribution in [0.5, 0.6) is 0 Å². The van der Waals surface area contributed by atoms with Crippen LogP contribution in [0, 0.1) is 17.0 Å². The lowest BCUT2D eigenvalue weighted by Gasteiger charge is -2.20. The topological polar surface area (TPSA) is 17.0 Å². The maximum absolute atomic E-state index is 15.2. The predicted octanol–water partition coefficient (Wildman–Crippen LogP) is 9.07. The van der Waals surface area contributed by atoms with E-state index >= 15 is 4.39 Å². The van der Waals surface area contributed by atoms with Gasteiger partial charge in [0.15, 0.2) is 0 Å². The Balaban J connectivity index is 0.00000145. The highest BCUT2D eigenvalue weighted by Crippen LogP contribution is 2.40. The van der Waals surface area contributed by atoms with Gasteiger partial charge < -0.3 is 4.57 Å². The summed E-state index contributed by atoms with van der Waals surface area (Å²) in [6.45, 7) is 11.7. The van der Waals surface area contributed by atoms with Gasteiger partial charge in [-0.05, 0) is 61.6 Å². The highest BCUT2D eigenvalue weighted by molar-refractivity contribution is 7.98. The molecule has 3 rings (SSSR count). The van der Waals surface area contributed by atoms with Crippen molar-refractivity contribution in [2.75, 3.05) is 6.93 Å². The maximum Gasteiger partial charge on any atom is 0.417 e. The second-order valence-corrected chi connectivity index (χ2v) is 12.2. The molecule has 0 aliphatic heterocycles. The highest BCUT2D eigenvalue weighted by atomic mass is 32.2. The van der Waals surface area contributed by atoms with E-state index in [1.54, 1.807) is 11.9 Å². The summed E-state index contributed by atoms with van der Waals surface area (Å²) in [4.78, 5) is 0. The Bertz CT molecular complexity index is 1170. The minimum atomic E-state index is -4.81. The van der Waals surface area contributed by atoms with Crippen molar-refractivity contribution in [3.05, 3.63) is 59.3 Å². The third kappa shape index (κ3) is 8.16. The molecule has 1 heterocycles. The lowest BCUT2D eigenvalue weighted by Crippen LogP contribution is -2.16. The maximum atomic E-state index is 15.2. The van der Waals surface area contributed by atoms with Crippen molar-refractivity contribution < 1.29 is 30.7 Å². The minimum absolute atomic E-state index is 0.0151. The van der Waals surface area contributed by atoms with Gasteiger partial charge in [0.05, 0.1) is 5.56 Å². The summed E-state index contributed by atoms with van der Waals surface area (Å²) in [6.07, 6.45) is -2.89. The number of benzene rings is 2. The van der Waals surface area contributed by atoms with Crippen LogP contribution in [0.4, 0.5) is 30.7 Å². The van der Waals surface area contributed by atoms with E-state index in [-0.39, 0.29) is 21.3 Å². The van der Waals surface area contributed by atoms with Crippen LogP contribution < -0.4 is 4.72 Å². The van der Waals surface area contributed by atoms with E-state index < -0.39 is 30.3 Å². The van der Waals surface area contributed by atoms with Crippen LogP contribution in [0.2, 0.25) is 0 Å². The van der Waals surface area contributed by atoms with Gasteiger partial charge in [-0.1, -0.05) is 38.8 Å². The molecule has 2 aromatic carbocycles. The number of halogens is 7. The zero-order chi connectivity index (χ0) is 27.5. The molecule has 0 atom stereocenters. The molecule has 0 unspecified atom stereocenters. The largest absolute Gasteiger partial charge is 0.417 e. The molecule has 0 spiro atoms. The third-order valence-corrected chi connectivity index (χ3v) is 5.82. The first kappa shape index (κ1) is 30.0. The van der Waals surface area contributed by atoms with Crippen molar-refractivity contribution in [3.63, 3.8) is 0 Å². The van der Waals surface area contributed by atoms with Gasteiger partial charge in [0, 0.05) is 40.5 Å². The Labute approximate surface area is 211 Å². The van der Waals surface area contributed by atoms with E-state index in [4.69, 9.17) is 0 Å². The van der Waals surface area contributed by atoms with Crippen molar-refractivity contribution in [2.24, 2.45) is 5.41 Å². The Morgan fingerprint density at radius 2 is 1.50 bits per heavy atom. The molecular weight excluding hydrogens is 505 g/mol. The van der Waals surface area contributed by atoms with E-state index in [0.29, 0.717) is 30.1 Å². The van der Waals surface area contributed by atoms with Crippen LogP contribution in [-0.2, 0) is 19.3 Å². The predicted molar refractivity (Wildman–Crippen MR) is 133 cm³/mol. The van der Waals surface area contributed by atoms with Crippen LogP contribution >= 0.6 is 11.9 Å². The normalized spacial score (nSPS) is 12.6. The van der Waals surface area contributed by atoms with E-state index in [0.717, 1.165) is 17.7 Å². The fourth-order valence-corrected chi connectivity index (χ4v) is 4.35.